The van der Waals surface area contributed by atoms with Gasteiger partial charge in [-0.2, -0.15) is 0 Å². The minimum Gasteiger partial charge on any atom is -0.486 e. The monoisotopic (exact) mass is 367 g/mol. The minimum absolute atomic E-state index is 0.201. The Morgan fingerprint density at radius 2 is 1.38 bits per heavy atom. The van der Waals surface area contributed by atoms with Gasteiger partial charge in [-0.1, -0.05) is 42.5 Å². The van der Waals surface area contributed by atoms with E-state index in [1.165, 1.54) is 0 Å². The summed E-state index contributed by atoms with van der Waals surface area (Å²) in [5.41, 5.74) is 2.43. The summed E-state index contributed by atoms with van der Waals surface area (Å²) < 4.78 is 38.8. The molecule has 5 nitrogen and oxygen atoms in total. The van der Waals surface area contributed by atoms with Gasteiger partial charge in [0.25, 0.3) is 10.0 Å². The van der Waals surface area contributed by atoms with Crippen LogP contribution in [0.2, 0.25) is 0 Å². The first-order chi connectivity index (χ1) is 12.6. The van der Waals surface area contributed by atoms with Crippen LogP contribution in [0, 0.1) is 0 Å². The number of fused-ring (bicyclic) bond motifs is 1. The molecule has 132 valence electrons. The summed E-state index contributed by atoms with van der Waals surface area (Å²) >= 11 is 0. The van der Waals surface area contributed by atoms with Gasteiger partial charge in [0.2, 0.25) is 0 Å². The molecular formula is C20H17NO4S. The molecule has 0 spiro atoms. The average molecular weight is 367 g/mol. The van der Waals surface area contributed by atoms with Crippen molar-refractivity contribution < 1.29 is 17.9 Å². The second-order valence-corrected chi connectivity index (χ2v) is 7.54. The van der Waals surface area contributed by atoms with Crippen LogP contribution in [-0.2, 0) is 10.0 Å². The van der Waals surface area contributed by atoms with Gasteiger partial charge in [0.15, 0.2) is 11.5 Å². The summed E-state index contributed by atoms with van der Waals surface area (Å²) in [6.07, 6.45) is 0. The largest absolute Gasteiger partial charge is 0.486 e. The molecule has 0 radical (unpaired) electrons. The van der Waals surface area contributed by atoms with Crippen LogP contribution in [0.25, 0.3) is 11.1 Å². The van der Waals surface area contributed by atoms with Crippen molar-refractivity contribution in [3.8, 4) is 22.6 Å². The number of rotatable bonds is 4. The molecule has 1 aliphatic rings. The zero-order valence-corrected chi connectivity index (χ0v) is 14.7. The highest BCUT2D eigenvalue weighted by Crippen LogP contribution is 2.33. The van der Waals surface area contributed by atoms with E-state index in [1.807, 2.05) is 30.3 Å². The zero-order valence-electron chi connectivity index (χ0n) is 13.9. The average Bonchev–Trinajstić information content (AvgIpc) is 2.68. The first kappa shape index (κ1) is 16.5. The summed E-state index contributed by atoms with van der Waals surface area (Å²) in [7, 11) is -3.69. The molecule has 1 aliphatic heterocycles. The van der Waals surface area contributed by atoms with Crippen LogP contribution >= 0.6 is 0 Å². The van der Waals surface area contributed by atoms with E-state index in [1.54, 1.807) is 42.5 Å². The number of hydrogen-bond donors (Lipinski definition) is 1. The quantitative estimate of drug-likeness (QED) is 0.759. The molecule has 0 fully saturated rings. The molecule has 0 bridgehead atoms. The molecule has 0 saturated carbocycles. The predicted octanol–water partition coefficient (Wildman–Crippen LogP) is 3.93. The first-order valence-electron chi connectivity index (χ1n) is 8.20. The van der Waals surface area contributed by atoms with Crippen LogP contribution in [0.15, 0.2) is 77.7 Å². The lowest BCUT2D eigenvalue weighted by molar-refractivity contribution is 0.171. The van der Waals surface area contributed by atoms with Crippen LogP contribution in [0.3, 0.4) is 0 Å². The van der Waals surface area contributed by atoms with Crippen molar-refractivity contribution in [1.82, 2.24) is 0 Å². The Hall–Kier alpha value is -2.99. The lowest BCUT2D eigenvalue weighted by Crippen LogP contribution is -2.16. The predicted molar refractivity (Wildman–Crippen MR) is 100 cm³/mol. The zero-order chi connectivity index (χ0) is 18.0. The Morgan fingerprint density at radius 3 is 2.12 bits per heavy atom. The Kier molecular flexibility index (Phi) is 4.26. The standard InChI is InChI=1S/C20H17NO4S/c22-26(23,21-17-8-11-19-20(14-17)25-13-12-24-19)18-9-6-16(7-10-18)15-4-2-1-3-5-15/h1-11,14,21H,12-13H2. The number of benzene rings is 3. The van der Waals surface area contributed by atoms with Gasteiger partial charge in [0.05, 0.1) is 10.6 Å². The molecule has 6 heteroatoms. The fourth-order valence-electron chi connectivity index (χ4n) is 2.78. The summed E-state index contributed by atoms with van der Waals surface area (Å²) in [5, 5.41) is 0. The smallest absolute Gasteiger partial charge is 0.261 e. The number of nitrogens with one attached hydrogen (secondary N) is 1. The van der Waals surface area contributed by atoms with Crippen molar-refractivity contribution in [1.29, 1.82) is 0 Å². The van der Waals surface area contributed by atoms with Crippen molar-refractivity contribution in [2.24, 2.45) is 0 Å². The fraction of sp³-hybridized carbons (Fsp3) is 0.100. The number of anilines is 1. The van der Waals surface area contributed by atoms with Crippen LogP contribution in [-0.4, -0.2) is 21.6 Å². The number of hydrogen-bond acceptors (Lipinski definition) is 4. The Morgan fingerprint density at radius 1 is 0.731 bits per heavy atom. The van der Waals surface area contributed by atoms with Crippen molar-refractivity contribution >= 4 is 15.7 Å². The molecular weight excluding hydrogens is 350 g/mol. The maximum Gasteiger partial charge on any atom is 0.261 e. The van der Waals surface area contributed by atoms with Gasteiger partial charge in [-0.05, 0) is 35.4 Å². The topological polar surface area (TPSA) is 64.6 Å². The molecule has 1 N–H and O–H groups in total. The maximum absolute atomic E-state index is 12.6. The highest BCUT2D eigenvalue weighted by molar-refractivity contribution is 7.92. The molecule has 26 heavy (non-hydrogen) atoms. The van der Waals surface area contributed by atoms with Gasteiger partial charge in [-0.15, -0.1) is 0 Å². The SMILES string of the molecule is O=S(=O)(Nc1ccc2c(c1)OCCO2)c1ccc(-c2ccccc2)cc1. The van der Waals surface area contributed by atoms with E-state index in [4.69, 9.17) is 9.47 Å². The van der Waals surface area contributed by atoms with Crippen molar-refractivity contribution in [2.75, 3.05) is 17.9 Å². The van der Waals surface area contributed by atoms with Gasteiger partial charge in [-0.3, -0.25) is 4.72 Å². The van der Waals surface area contributed by atoms with Gasteiger partial charge < -0.3 is 9.47 Å². The molecule has 0 saturated heterocycles. The van der Waals surface area contributed by atoms with Gasteiger partial charge in [0, 0.05) is 6.07 Å². The minimum atomic E-state index is -3.69. The van der Waals surface area contributed by atoms with Crippen LogP contribution in [0.4, 0.5) is 5.69 Å². The van der Waals surface area contributed by atoms with Crippen molar-refractivity contribution in [3.05, 3.63) is 72.8 Å². The first-order valence-corrected chi connectivity index (χ1v) is 9.68. The Labute approximate surface area is 152 Å². The fourth-order valence-corrected chi connectivity index (χ4v) is 3.83. The van der Waals surface area contributed by atoms with Gasteiger partial charge in [-0.25, -0.2) is 8.42 Å². The third-order valence-corrected chi connectivity index (χ3v) is 5.46. The molecule has 3 aromatic carbocycles. The number of ether oxygens (including phenoxy) is 2. The Bertz CT molecular complexity index is 1020. The van der Waals surface area contributed by atoms with Crippen LogP contribution < -0.4 is 14.2 Å². The highest BCUT2D eigenvalue weighted by atomic mass is 32.2. The number of sulfonamides is 1. The van der Waals surface area contributed by atoms with E-state index < -0.39 is 10.0 Å². The molecule has 4 rings (SSSR count). The lowest BCUT2D eigenvalue weighted by Gasteiger charge is -2.19. The maximum atomic E-state index is 12.6. The molecule has 0 atom stereocenters. The van der Waals surface area contributed by atoms with E-state index in [-0.39, 0.29) is 4.90 Å². The summed E-state index contributed by atoms with van der Waals surface area (Å²) in [6, 6.07) is 21.6. The lowest BCUT2D eigenvalue weighted by atomic mass is 10.1. The van der Waals surface area contributed by atoms with Crippen LogP contribution in [0.1, 0.15) is 0 Å². The Balaban J connectivity index is 1.57. The molecule has 3 aromatic rings. The normalized spacial score (nSPS) is 13.2. The third kappa shape index (κ3) is 3.36. The molecule has 1 heterocycles. The highest BCUT2D eigenvalue weighted by Gasteiger charge is 2.17. The van der Waals surface area contributed by atoms with Crippen molar-refractivity contribution in [2.45, 2.75) is 4.90 Å². The summed E-state index contributed by atoms with van der Waals surface area (Å²) in [5.74, 6) is 1.15. The van der Waals surface area contributed by atoms with E-state index in [0.29, 0.717) is 30.4 Å². The van der Waals surface area contributed by atoms with E-state index in [9.17, 15) is 8.42 Å². The molecule has 0 unspecified atom stereocenters. The van der Waals surface area contributed by atoms with Crippen LogP contribution in [0.5, 0.6) is 11.5 Å². The molecule has 0 amide bonds. The summed E-state index contributed by atoms with van der Waals surface area (Å²) in [6.45, 7) is 0.940. The van der Waals surface area contributed by atoms with Gasteiger partial charge in [0.1, 0.15) is 13.2 Å². The second-order valence-electron chi connectivity index (χ2n) is 5.85. The van der Waals surface area contributed by atoms with E-state index >= 15 is 0 Å². The molecule has 0 aliphatic carbocycles. The van der Waals surface area contributed by atoms with Gasteiger partial charge >= 0.3 is 0 Å². The summed E-state index contributed by atoms with van der Waals surface area (Å²) in [4.78, 5) is 0.201. The van der Waals surface area contributed by atoms with E-state index in [0.717, 1.165) is 11.1 Å². The third-order valence-electron chi connectivity index (χ3n) is 4.07. The molecule has 0 aromatic heterocycles. The second kappa shape index (κ2) is 6.72. The van der Waals surface area contributed by atoms with Crippen molar-refractivity contribution in [3.63, 3.8) is 0 Å². The van der Waals surface area contributed by atoms with E-state index in [2.05, 4.69) is 4.72 Å².